The van der Waals surface area contributed by atoms with E-state index in [1.165, 1.54) is 17.1 Å². The van der Waals surface area contributed by atoms with Crippen molar-refractivity contribution in [3.8, 4) is 5.75 Å². The molecule has 1 aromatic rings. The molecule has 0 aromatic heterocycles. The van der Waals surface area contributed by atoms with Crippen molar-refractivity contribution >= 4 is 23.4 Å². The highest BCUT2D eigenvalue weighted by Gasteiger charge is 2.22. The zero-order chi connectivity index (χ0) is 26.0. The first kappa shape index (κ1) is 29.0. The minimum atomic E-state index is -0.255. The Hall–Kier alpha value is -3.24. The highest BCUT2D eigenvalue weighted by molar-refractivity contribution is 6.12. The zero-order valence-corrected chi connectivity index (χ0v) is 21.2. The molecule has 10 nitrogen and oxygen atoms in total. The molecule has 2 rings (SSSR count). The molecule has 4 N–H and O–H groups in total. The second-order valence-electron chi connectivity index (χ2n) is 8.45. The van der Waals surface area contributed by atoms with Crippen LogP contribution in [0.3, 0.4) is 0 Å². The van der Waals surface area contributed by atoms with Gasteiger partial charge in [0.1, 0.15) is 12.4 Å². The standard InChI is InChI=1S/C26H39N5O5/c1-21(30-36-20-14-27)22-8-10-23(11-9-22)35-19-6-4-15-28-16-17-29-24(32)7-3-2-5-18-31-25(33)12-13-26(31)34/h8-13,28H,2-7,14-20,27H2,1H3,(H,29,32)/b30-21-. The van der Waals surface area contributed by atoms with E-state index in [0.29, 0.717) is 45.7 Å². The van der Waals surface area contributed by atoms with E-state index in [4.69, 9.17) is 15.3 Å². The van der Waals surface area contributed by atoms with Gasteiger partial charge < -0.3 is 25.9 Å². The van der Waals surface area contributed by atoms with E-state index in [2.05, 4.69) is 15.8 Å². The number of nitrogens with two attached hydrogens (primary N) is 1. The molecule has 1 aromatic carbocycles. The highest BCUT2D eigenvalue weighted by atomic mass is 16.6. The molecule has 0 aliphatic carbocycles. The number of carbonyl (C=O) groups excluding carboxylic acids is 3. The monoisotopic (exact) mass is 501 g/mol. The maximum absolute atomic E-state index is 11.9. The van der Waals surface area contributed by atoms with Gasteiger partial charge in [-0.2, -0.15) is 0 Å². The summed E-state index contributed by atoms with van der Waals surface area (Å²) in [7, 11) is 0. The molecule has 0 spiro atoms. The Morgan fingerprint density at radius 1 is 0.944 bits per heavy atom. The van der Waals surface area contributed by atoms with Gasteiger partial charge >= 0.3 is 0 Å². The van der Waals surface area contributed by atoms with E-state index in [1.54, 1.807) is 0 Å². The third-order valence-corrected chi connectivity index (χ3v) is 5.51. The van der Waals surface area contributed by atoms with Gasteiger partial charge in [0.15, 0.2) is 0 Å². The van der Waals surface area contributed by atoms with Crippen molar-refractivity contribution in [2.75, 3.05) is 45.9 Å². The van der Waals surface area contributed by atoms with Crippen molar-refractivity contribution in [2.45, 2.75) is 45.4 Å². The molecule has 1 aliphatic heterocycles. The normalized spacial score (nSPS) is 13.4. The molecule has 0 saturated carbocycles. The Bertz CT molecular complexity index is 867. The van der Waals surface area contributed by atoms with Gasteiger partial charge in [-0.25, -0.2) is 0 Å². The molecule has 3 amide bonds. The molecule has 198 valence electrons. The molecular formula is C26H39N5O5. The number of hydrogen-bond acceptors (Lipinski definition) is 8. The first-order valence-electron chi connectivity index (χ1n) is 12.6. The summed E-state index contributed by atoms with van der Waals surface area (Å²) in [5.41, 5.74) is 7.14. The summed E-state index contributed by atoms with van der Waals surface area (Å²) in [6.07, 6.45) is 7.19. The van der Waals surface area contributed by atoms with Crippen molar-refractivity contribution in [2.24, 2.45) is 10.9 Å². The van der Waals surface area contributed by atoms with Gasteiger partial charge in [-0.3, -0.25) is 19.3 Å². The Morgan fingerprint density at radius 2 is 1.69 bits per heavy atom. The summed E-state index contributed by atoms with van der Waals surface area (Å²) in [4.78, 5) is 41.1. The molecule has 10 heteroatoms. The second-order valence-corrected chi connectivity index (χ2v) is 8.45. The minimum Gasteiger partial charge on any atom is -0.494 e. The Morgan fingerprint density at radius 3 is 2.42 bits per heavy atom. The van der Waals surface area contributed by atoms with Crippen LogP contribution in [0.5, 0.6) is 5.75 Å². The van der Waals surface area contributed by atoms with E-state index in [9.17, 15) is 14.4 Å². The maximum Gasteiger partial charge on any atom is 0.253 e. The topological polar surface area (TPSA) is 135 Å². The number of imide groups is 1. The van der Waals surface area contributed by atoms with Crippen LogP contribution in [0.15, 0.2) is 41.6 Å². The van der Waals surface area contributed by atoms with Crippen molar-refractivity contribution in [3.05, 3.63) is 42.0 Å². The van der Waals surface area contributed by atoms with Gasteiger partial charge in [0.25, 0.3) is 11.8 Å². The Balaban J connectivity index is 1.40. The number of benzene rings is 1. The van der Waals surface area contributed by atoms with Crippen LogP contribution in [-0.4, -0.2) is 74.3 Å². The number of nitrogens with zero attached hydrogens (tertiary/aromatic N) is 2. The molecular weight excluding hydrogens is 462 g/mol. The van der Waals surface area contributed by atoms with Crippen LogP contribution >= 0.6 is 0 Å². The summed E-state index contributed by atoms with van der Waals surface area (Å²) in [5, 5.41) is 10.2. The summed E-state index contributed by atoms with van der Waals surface area (Å²) < 4.78 is 5.78. The first-order valence-corrected chi connectivity index (χ1v) is 12.6. The quantitative estimate of drug-likeness (QED) is 0.114. The van der Waals surface area contributed by atoms with E-state index in [0.717, 1.165) is 55.8 Å². The van der Waals surface area contributed by atoms with Crippen molar-refractivity contribution < 1.29 is 24.0 Å². The van der Waals surface area contributed by atoms with Crippen molar-refractivity contribution in [1.29, 1.82) is 0 Å². The zero-order valence-electron chi connectivity index (χ0n) is 21.2. The predicted molar refractivity (Wildman–Crippen MR) is 139 cm³/mol. The molecule has 36 heavy (non-hydrogen) atoms. The number of ether oxygens (including phenoxy) is 1. The molecule has 0 saturated heterocycles. The molecule has 0 radical (unpaired) electrons. The molecule has 0 atom stereocenters. The number of carbonyl (C=O) groups is 3. The average molecular weight is 502 g/mol. The van der Waals surface area contributed by atoms with Crippen LogP contribution in [0.2, 0.25) is 0 Å². The molecule has 1 heterocycles. The molecule has 1 aliphatic rings. The fourth-order valence-corrected chi connectivity index (χ4v) is 3.47. The van der Waals surface area contributed by atoms with Gasteiger partial charge in [-0.1, -0.05) is 11.6 Å². The fraction of sp³-hybridized carbons (Fsp3) is 0.538. The lowest BCUT2D eigenvalue weighted by Crippen LogP contribution is -2.32. The number of oxime groups is 1. The van der Waals surface area contributed by atoms with Crippen LogP contribution in [0, 0.1) is 0 Å². The largest absolute Gasteiger partial charge is 0.494 e. The van der Waals surface area contributed by atoms with Crippen LogP contribution in [0.25, 0.3) is 0 Å². The summed E-state index contributed by atoms with van der Waals surface area (Å²) >= 11 is 0. The van der Waals surface area contributed by atoms with Crippen LogP contribution in [-0.2, 0) is 19.2 Å². The maximum atomic E-state index is 11.9. The molecule has 0 bridgehead atoms. The Kier molecular flexibility index (Phi) is 13.9. The van der Waals surface area contributed by atoms with Crippen molar-refractivity contribution in [3.63, 3.8) is 0 Å². The fourth-order valence-electron chi connectivity index (χ4n) is 3.47. The van der Waals surface area contributed by atoms with E-state index < -0.39 is 0 Å². The van der Waals surface area contributed by atoms with Gasteiger partial charge in [0.2, 0.25) is 5.91 Å². The Labute approximate surface area is 213 Å². The first-order chi connectivity index (χ1) is 17.5. The average Bonchev–Trinajstić information content (AvgIpc) is 3.20. The van der Waals surface area contributed by atoms with Gasteiger partial charge in [0, 0.05) is 44.8 Å². The predicted octanol–water partition coefficient (Wildman–Crippen LogP) is 1.74. The lowest BCUT2D eigenvalue weighted by atomic mass is 10.1. The van der Waals surface area contributed by atoms with E-state index in [-0.39, 0.29) is 17.7 Å². The smallest absolute Gasteiger partial charge is 0.253 e. The highest BCUT2D eigenvalue weighted by Crippen LogP contribution is 2.13. The third kappa shape index (κ3) is 11.5. The number of amides is 3. The van der Waals surface area contributed by atoms with Gasteiger partial charge in [-0.15, -0.1) is 0 Å². The molecule has 0 unspecified atom stereocenters. The summed E-state index contributed by atoms with van der Waals surface area (Å²) in [6, 6.07) is 7.75. The van der Waals surface area contributed by atoms with Crippen LogP contribution in [0.4, 0.5) is 0 Å². The number of hydrogen-bond donors (Lipinski definition) is 3. The lowest BCUT2D eigenvalue weighted by Gasteiger charge is -2.13. The molecule has 0 fully saturated rings. The SMILES string of the molecule is C/C(=N/OCCN)c1ccc(OCCCCNCCNC(=O)CCCCCN2C(=O)C=CC2=O)cc1. The van der Waals surface area contributed by atoms with Gasteiger partial charge in [-0.05, 0) is 69.0 Å². The van der Waals surface area contributed by atoms with E-state index in [1.807, 2.05) is 31.2 Å². The van der Waals surface area contributed by atoms with Gasteiger partial charge in [0.05, 0.1) is 12.3 Å². The number of rotatable bonds is 19. The van der Waals surface area contributed by atoms with Crippen molar-refractivity contribution in [1.82, 2.24) is 15.5 Å². The van der Waals surface area contributed by atoms with Crippen LogP contribution in [0.1, 0.15) is 51.0 Å². The third-order valence-electron chi connectivity index (χ3n) is 5.51. The second kappa shape index (κ2) is 17.2. The lowest BCUT2D eigenvalue weighted by molar-refractivity contribution is -0.137. The van der Waals surface area contributed by atoms with E-state index >= 15 is 0 Å². The number of unbranched alkanes of at least 4 members (excludes halogenated alkanes) is 3. The minimum absolute atomic E-state index is 0.0239. The number of nitrogens with one attached hydrogen (secondary N) is 2. The summed E-state index contributed by atoms with van der Waals surface area (Å²) in [5.74, 6) is 0.334. The summed E-state index contributed by atoms with van der Waals surface area (Å²) in [6.45, 7) is 5.94. The van der Waals surface area contributed by atoms with Crippen LogP contribution < -0.4 is 21.1 Å².